The number of carboxylic acids is 1. The maximum atomic E-state index is 9.55. The minimum Gasteiger partial charge on any atom is -0.478 e. The average molecular weight is 189 g/mol. The molecule has 0 unspecified atom stereocenters. The van der Waals surface area contributed by atoms with Crippen LogP contribution < -0.4 is 0 Å². The number of likely N-dealkylation sites (N-methyl/N-ethyl adjacent to an activating group) is 1. The second kappa shape index (κ2) is 10.6. The molecule has 5 heteroatoms. The van der Waals surface area contributed by atoms with Crippen molar-refractivity contribution in [3.05, 3.63) is 12.7 Å². The predicted molar refractivity (Wildman–Crippen MR) is 48.4 cm³/mol. The average Bonchev–Trinajstić information content (AvgIpc) is 2.05. The fourth-order valence-corrected chi connectivity index (χ4v) is 0.283. The molecule has 0 aliphatic carbocycles. The Labute approximate surface area is 77.6 Å². The number of ether oxygens (including phenoxy) is 1. The lowest BCUT2D eigenvalue weighted by Gasteiger charge is -2.06. The summed E-state index contributed by atoms with van der Waals surface area (Å²) in [6, 6.07) is 0. The van der Waals surface area contributed by atoms with E-state index in [0.717, 1.165) is 12.6 Å². The third-order valence-corrected chi connectivity index (χ3v) is 0.899. The van der Waals surface area contributed by atoms with Crippen molar-refractivity contribution < 1.29 is 19.4 Å². The molecule has 1 N–H and O–H groups in total. The van der Waals surface area contributed by atoms with E-state index >= 15 is 0 Å². The van der Waals surface area contributed by atoms with Crippen LogP contribution in [0.25, 0.3) is 0 Å². The first kappa shape index (κ1) is 14.2. The standard InChI is InChI=1S/C5H11NO2.C3H4O2/c1-6(2)3-4-8-5-7;1-2-3(4)5/h5H,3-4H2,1-2H3;2H,1H2,(H,4,5). The SMILES string of the molecule is C=CC(=O)O.CN(C)CCOC=O. The maximum absolute atomic E-state index is 9.55. The van der Waals surface area contributed by atoms with Gasteiger partial charge in [-0.1, -0.05) is 6.58 Å². The van der Waals surface area contributed by atoms with Crippen LogP contribution in [0.15, 0.2) is 12.7 Å². The summed E-state index contributed by atoms with van der Waals surface area (Å²) in [7, 11) is 3.85. The zero-order valence-corrected chi connectivity index (χ0v) is 7.90. The number of nitrogens with zero attached hydrogens (tertiary/aromatic N) is 1. The Morgan fingerprint density at radius 3 is 2.31 bits per heavy atom. The Balaban J connectivity index is 0. The molecule has 13 heavy (non-hydrogen) atoms. The summed E-state index contributed by atoms with van der Waals surface area (Å²) in [6.07, 6.45) is 0.833. The van der Waals surface area contributed by atoms with E-state index in [1.807, 2.05) is 19.0 Å². The number of hydrogen-bond donors (Lipinski definition) is 1. The summed E-state index contributed by atoms with van der Waals surface area (Å²) in [4.78, 5) is 20.7. The molecule has 0 bridgehead atoms. The monoisotopic (exact) mass is 189 g/mol. The van der Waals surface area contributed by atoms with Gasteiger partial charge in [-0.25, -0.2) is 4.79 Å². The molecule has 0 rings (SSSR count). The van der Waals surface area contributed by atoms with Crippen LogP contribution in [-0.4, -0.2) is 49.7 Å². The molecule has 0 saturated heterocycles. The van der Waals surface area contributed by atoms with E-state index in [2.05, 4.69) is 11.3 Å². The van der Waals surface area contributed by atoms with Gasteiger partial charge in [0.25, 0.3) is 6.47 Å². The van der Waals surface area contributed by atoms with Crippen LogP contribution in [0.1, 0.15) is 0 Å². The number of carbonyl (C=O) groups is 2. The van der Waals surface area contributed by atoms with E-state index in [0.29, 0.717) is 13.1 Å². The Bertz CT molecular complexity index is 156. The Morgan fingerprint density at radius 1 is 1.62 bits per heavy atom. The first-order valence-corrected chi connectivity index (χ1v) is 3.60. The van der Waals surface area contributed by atoms with Gasteiger partial charge in [0.05, 0.1) is 0 Å². The van der Waals surface area contributed by atoms with Gasteiger partial charge in [-0.3, -0.25) is 4.79 Å². The number of aliphatic carboxylic acids is 1. The quantitative estimate of drug-likeness (QED) is 0.374. The normalized spacial score (nSPS) is 8.23. The largest absolute Gasteiger partial charge is 0.478 e. The van der Waals surface area contributed by atoms with E-state index in [4.69, 9.17) is 5.11 Å². The predicted octanol–water partition coefficient (Wildman–Crippen LogP) is -0.0220. The van der Waals surface area contributed by atoms with Crippen molar-refractivity contribution in [2.24, 2.45) is 0 Å². The smallest absolute Gasteiger partial charge is 0.327 e. The van der Waals surface area contributed by atoms with Crippen LogP contribution in [0.5, 0.6) is 0 Å². The van der Waals surface area contributed by atoms with Gasteiger partial charge in [0.2, 0.25) is 0 Å². The van der Waals surface area contributed by atoms with Crippen LogP contribution in [0.3, 0.4) is 0 Å². The van der Waals surface area contributed by atoms with Crippen molar-refractivity contribution in [1.82, 2.24) is 4.90 Å². The molecule has 0 atom stereocenters. The Hall–Kier alpha value is -1.36. The summed E-state index contributed by atoms with van der Waals surface area (Å²) in [6.45, 7) is 4.70. The zero-order valence-electron chi connectivity index (χ0n) is 7.90. The van der Waals surface area contributed by atoms with Gasteiger partial charge in [-0.05, 0) is 14.1 Å². The van der Waals surface area contributed by atoms with Crippen LogP contribution in [0, 0.1) is 0 Å². The molecule has 5 nitrogen and oxygen atoms in total. The van der Waals surface area contributed by atoms with Gasteiger partial charge in [0.15, 0.2) is 0 Å². The van der Waals surface area contributed by atoms with E-state index in [1.165, 1.54) is 0 Å². The van der Waals surface area contributed by atoms with Crippen molar-refractivity contribution in [3.63, 3.8) is 0 Å². The highest BCUT2D eigenvalue weighted by molar-refractivity contribution is 5.78. The number of carboxylic acid groups (broad SMARTS) is 1. The highest BCUT2D eigenvalue weighted by Gasteiger charge is 1.86. The molecule has 0 radical (unpaired) electrons. The molecular weight excluding hydrogens is 174 g/mol. The van der Waals surface area contributed by atoms with Crippen molar-refractivity contribution in [1.29, 1.82) is 0 Å². The molecule has 0 spiro atoms. The van der Waals surface area contributed by atoms with Gasteiger partial charge >= 0.3 is 5.97 Å². The molecular formula is C8H15NO4. The summed E-state index contributed by atoms with van der Waals surface area (Å²) < 4.78 is 4.42. The van der Waals surface area contributed by atoms with E-state index in [-0.39, 0.29) is 0 Å². The molecule has 0 fully saturated rings. The third-order valence-electron chi connectivity index (χ3n) is 0.899. The first-order chi connectivity index (χ1) is 6.04. The van der Waals surface area contributed by atoms with E-state index < -0.39 is 5.97 Å². The molecule has 0 saturated carbocycles. The Kier molecular flexibility index (Phi) is 11.6. The lowest BCUT2D eigenvalue weighted by molar-refractivity contribution is -0.131. The number of rotatable bonds is 5. The summed E-state index contributed by atoms with van der Waals surface area (Å²) in [5, 5.41) is 7.60. The lowest BCUT2D eigenvalue weighted by Crippen LogP contribution is -2.17. The fraction of sp³-hybridized carbons (Fsp3) is 0.500. The van der Waals surface area contributed by atoms with Crippen molar-refractivity contribution in [3.8, 4) is 0 Å². The van der Waals surface area contributed by atoms with Crippen LogP contribution >= 0.6 is 0 Å². The van der Waals surface area contributed by atoms with Crippen LogP contribution in [0.2, 0.25) is 0 Å². The minimum absolute atomic E-state index is 0.462. The molecule has 0 aromatic heterocycles. The maximum Gasteiger partial charge on any atom is 0.327 e. The van der Waals surface area contributed by atoms with Crippen LogP contribution in [-0.2, 0) is 14.3 Å². The topological polar surface area (TPSA) is 66.8 Å². The van der Waals surface area contributed by atoms with Crippen molar-refractivity contribution in [2.45, 2.75) is 0 Å². The summed E-state index contributed by atoms with van der Waals surface area (Å²) in [5.41, 5.74) is 0. The van der Waals surface area contributed by atoms with Crippen LogP contribution in [0.4, 0.5) is 0 Å². The number of hydrogen-bond acceptors (Lipinski definition) is 4. The molecule has 0 aliphatic heterocycles. The highest BCUT2D eigenvalue weighted by atomic mass is 16.5. The zero-order chi connectivity index (χ0) is 10.7. The summed E-state index contributed by atoms with van der Waals surface area (Å²) >= 11 is 0. The minimum atomic E-state index is -0.981. The van der Waals surface area contributed by atoms with E-state index in [9.17, 15) is 9.59 Å². The molecule has 0 aliphatic rings. The van der Waals surface area contributed by atoms with Crippen molar-refractivity contribution in [2.75, 3.05) is 27.2 Å². The fourth-order valence-electron chi connectivity index (χ4n) is 0.283. The van der Waals surface area contributed by atoms with E-state index in [1.54, 1.807) is 0 Å². The lowest BCUT2D eigenvalue weighted by atomic mass is 10.6. The Morgan fingerprint density at radius 2 is 2.08 bits per heavy atom. The summed E-state index contributed by atoms with van der Waals surface area (Å²) in [5.74, 6) is -0.981. The van der Waals surface area contributed by atoms with Crippen molar-refractivity contribution >= 4 is 12.4 Å². The third kappa shape index (κ3) is 25.0. The first-order valence-electron chi connectivity index (χ1n) is 3.60. The second-order valence-electron chi connectivity index (χ2n) is 2.31. The molecule has 0 amide bonds. The number of carbonyl (C=O) groups excluding carboxylic acids is 1. The van der Waals surface area contributed by atoms with Gasteiger partial charge in [0.1, 0.15) is 6.61 Å². The van der Waals surface area contributed by atoms with Gasteiger partial charge in [-0.2, -0.15) is 0 Å². The second-order valence-corrected chi connectivity index (χ2v) is 2.31. The molecule has 0 aromatic carbocycles. The molecule has 0 heterocycles. The molecule has 76 valence electrons. The van der Waals surface area contributed by atoms with Gasteiger partial charge in [0, 0.05) is 12.6 Å². The molecule has 0 aromatic rings. The highest BCUT2D eigenvalue weighted by Crippen LogP contribution is 1.72. The van der Waals surface area contributed by atoms with Gasteiger partial charge < -0.3 is 14.7 Å². The van der Waals surface area contributed by atoms with Gasteiger partial charge in [-0.15, -0.1) is 0 Å².